The summed E-state index contributed by atoms with van der Waals surface area (Å²) in [7, 11) is 0. The molecule has 24 heavy (non-hydrogen) atoms. The molecule has 0 radical (unpaired) electrons. The van der Waals surface area contributed by atoms with Crippen molar-refractivity contribution in [2.45, 2.75) is 45.6 Å². The molecule has 1 unspecified atom stereocenters. The van der Waals surface area contributed by atoms with E-state index in [2.05, 4.69) is 5.32 Å². The molecule has 0 saturated heterocycles. The van der Waals surface area contributed by atoms with Crippen LogP contribution in [0.3, 0.4) is 0 Å². The van der Waals surface area contributed by atoms with Gasteiger partial charge in [0.1, 0.15) is 11.6 Å². The van der Waals surface area contributed by atoms with Crippen LogP contribution in [0.1, 0.15) is 35.6 Å². The van der Waals surface area contributed by atoms with E-state index in [0.717, 1.165) is 24.0 Å². The molecule has 0 spiro atoms. The number of nitrogens with one attached hydrogen (secondary N) is 1. The van der Waals surface area contributed by atoms with Gasteiger partial charge in [0.2, 0.25) is 0 Å². The van der Waals surface area contributed by atoms with E-state index in [4.69, 9.17) is 0 Å². The number of hydrogen-bond donors (Lipinski definition) is 4. The third kappa shape index (κ3) is 4.77. The first-order valence-corrected chi connectivity index (χ1v) is 8.07. The SMILES string of the molecule is CC(CCc1ccc(F)cc1)NCc1c(CO)ccc(O)c1CO. The van der Waals surface area contributed by atoms with Crippen LogP contribution in [0.5, 0.6) is 5.75 Å². The molecule has 0 aliphatic heterocycles. The van der Waals surface area contributed by atoms with Crippen molar-refractivity contribution in [2.75, 3.05) is 0 Å². The van der Waals surface area contributed by atoms with Gasteiger partial charge in [0, 0.05) is 18.2 Å². The van der Waals surface area contributed by atoms with Gasteiger partial charge >= 0.3 is 0 Å². The average Bonchev–Trinajstić information content (AvgIpc) is 2.59. The molecule has 4 nitrogen and oxygen atoms in total. The van der Waals surface area contributed by atoms with Gasteiger partial charge in [0.15, 0.2) is 0 Å². The van der Waals surface area contributed by atoms with Crippen molar-refractivity contribution in [2.24, 2.45) is 0 Å². The van der Waals surface area contributed by atoms with Gasteiger partial charge < -0.3 is 20.6 Å². The predicted octanol–water partition coefficient (Wildman–Crippen LogP) is 2.63. The standard InChI is InChI=1S/C19H24FNO3/c1-13(2-3-14-4-7-16(20)8-5-14)21-10-17-15(11-22)6-9-19(24)18(17)12-23/h4-9,13,21-24H,2-3,10-12H2,1H3. The fourth-order valence-corrected chi connectivity index (χ4v) is 2.69. The fourth-order valence-electron chi connectivity index (χ4n) is 2.69. The third-order valence-corrected chi connectivity index (χ3v) is 4.24. The first kappa shape index (κ1) is 18.4. The van der Waals surface area contributed by atoms with Crippen LogP contribution < -0.4 is 5.32 Å². The van der Waals surface area contributed by atoms with E-state index in [1.165, 1.54) is 18.2 Å². The Labute approximate surface area is 141 Å². The Hall–Kier alpha value is -1.95. The van der Waals surface area contributed by atoms with Gasteiger partial charge in [0.25, 0.3) is 0 Å². The third-order valence-electron chi connectivity index (χ3n) is 4.24. The van der Waals surface area contributed by atoms with E-state index < -0.39 is 0 Å². The van der Waals surface area contributed by atoms with E-state index in [1.807, 2.05) is 6.92 Å². The van der Waals surface area contributed by atoms with E-state index in [1.54, 1.807) is 18.2 Å². The molecule has 2 aromatic carbocycles. The summed E-state index contributed by atoms with van der Waals surface area (Å²) in [5.74, 6) is -0.202. The summed E-state index contributed by atoms with van der Waals surface area (Å²) >= 11 is 0. The van der Waals surface area contributed by atoms with Gasteiger partial charge in [-0.05, 0) is 54.7 Å². The quantitative estimate of drug-likeness (QED) is 0.599. The lowest BCUT2D eigenvalue weighted by Crippen LogP contribution is -2.27. The highest BCUT2D eigenvalue weighted by Crippen LogP contribution is 2.25. The Bertz CT molecular complexity index is 658. The lowest BCUT2D eigenvalue weighted by molar-refractivity contribution is 0.267. The van der Waals surface area contributed by atoms with Gasteiger partial charge in [-0.15, -0.1) is 0 Å². The highest BCUT2D eigenvalue weighted by atomic mass is 19.1. The Morgan fingerprint density at radius 1 is 1.00 bits per heavy atom. The summed E-state index contributed by atoms with van der Waals surface area (Å²) in [5.41, 5.74) is 2.94. The van der Waals surface area contributed by atoms with E-state index in [-0.39, 0.29) is 30.8 Å². The summed E-state index contributed by atoms with van der Waals surface area (Å²) in [6.07, 6.45) is 1.70. The van der Waals surface area contributed by atoms with Crippen molar-refractivity contribution in [1.29, 1.82) is 0 Å². The van der Waals surface area contributed by atoms with Gasteiger partial charge in [-0.3, -0.25) is 0 Å². The molecule has 0 aromatic heterocycles. The largest absolute Gasteiger partial charge is 0.508 e. The van der Waals surface area contributed by atoms with E-state index in [0.29, 0.717) is 17.7 Å². The number of aliphatic hydroxyl groups is 2. The molecule has 1 atom stereocenters. The Kier molecular flexibility index (Phi) is 6.73. The zero-order valence-electron chi connectivity index (χ0n) is 13.8. The van der Waals surface area contributed by atoms with Gasteiger partial charge in [-0.25, -0.2) is 4.39 Å². The molecule has 0 bridgehead atoms. The van der Waals surface area contributed by atoms with Crippen molar-refractivity contribution in [3.63, 3.8) is 0 Å². The summed E-state index contributed by atoms with van der Waals surface area (Å²) < 4.78 is 12.9. The number of aromatic hydroxyl groups is 1. The second kappa shape index (κ2) is 8.78. The Morgan fingerprint density at radius 2 is 1.71 bits per heavy atom. The van der Waals surface area contributed by atoms with Crippen molar-refractivity contribution >= 4 is 0 Å². The zero-order valence-corrected chi connectivity index (χ0v) is 13.8. The van der Waals surface area contributed by atoms with Crippen LogP contribution in [0.2, 0.25) is 0 Å². The van der Waals surface area contributed by atoms with Gasteiger partial charge in [0.05, 0.1) is 13.2 Å². The van der Waals surface area contributed by atoms with Crippen molar-refractivity contribution < 1.29 is 19.7 Å². The van der Waals surface area contributed by atoms with Crippen LogP contribution in [-0.4, -0.2) is 21.4 Å². The minimum absolute atomic E-state index is 0.0328. The topological polar surface area (TPSA) is 72.7 Å². The molecule has 0 aliphatic rings. The van der Waals surface area contributed by atoms with Crippen molar-refractivity contribution in [3.05, 3.63) is 64.5 Å². The maximum absolute atomic E-state index is 12.9. The minimum atomic E-state index is -0.277. The molecule has 2 rings (SSSR count). The molecule has 0 saturated carbocycles. The number of aryl methyl sites for hydroxylation is 1. The maximum Gasteiger partial charge on any atom is 0.123 e. The van der Waals surface area contributed by atoms with Gasteiger partial charge in [-0.1, -0.05) is 18.2 Å². The predicted molar refractivity (Wildman–Crippen MR) is 91.0 cm³/mol. The monoisotopic (exact) mass is 333 g/mol. The molecule has 0 amide bonds. The summed E-state index contributed by atoms with van der Waals surface area (Å²) in [5, 5.41) is 32.1. The summed E-state index contributed by atoms with van der Waals surface area (Å²) in [6, 6.07) is 9.82. The lowest BCUT2D eigenvalue weighted by atomic mass is 9.99. The Balaban J connectivity index is 1.95. The van der Waals surface area contributed by atoms with Crippen LogP contribution in [-0.2, 0) is 26.2 Å². The number of halogens is 1. The second-order valence-electron chi connectivity index (χ2n) is 5.96. The normalized spacial score (nSPS) is 12.3. The second-order valence-corrected chi connectivity index (χ2v) is 5.96. The number of phenols is 1. The molecule has 0 fully saturated rings. The molecule has 0 aliphatic carbocycles. The molecular formula is C19H24FNO3. The Morgan fingerprint density at radius 3 is 2.33 bits per heavy atom. The van der Waals surface area contributed by atoms with Crippen molar-refractivity contribution in [1.82, 2.24) is 5.32 Å². The average molecular weight is 333 g/mol. The highest BCUT2D eigenvalue weighted by molar-refractivity contribution is 5.44. The van der Waals surface area contributed by atoms with Crippen LogP contribution in [0.15, 0.2) is 36.4 Å². The molecule has 0 heterocycles. The minimum Gasteiger partial charge on any atom is -0.508 e. The molecular weight excluding hydrogens is 309 g/mol. The number of benzene rings is 2. The fraction of sp³-hybridized carbons (Fsp3) is 0.368. The first-order valence-electron chi connectivity index (χ1n) is 8.07. The zero-order chi connectivity index (χ0) is 17.5. The smallest absolute Gasteiger partial charge is 0.123 e. The summed E-state index contributed by atoms with van der Waals surface area (Å²) in [4.78, 5) is 0. The summed E-state index contributed by atoms with van der Waals surface area (Å²) in [6.45, 7) is 2.07. The van der Waals surface area contributed by atoms with E-state index >= 15 is 0 Å². The molecule has 2 aromatic rings. The van der Waals surface area contributed by atoms with Gasteiger partial charge in [-0.2, -0.15) is 0 Å². The van der Waals surface area contributed by atoms with E-state index in [9.17, 15) is 19.7 Å². The highest BCUT2D eigenvalue weighted by Gasteiger charge is 2.13. The molecule has 4 N–H and O–H groups in total. The molecule has 130 valence electrons. The number of aliphatic hydroxyl groups excluding tert-OH is 2. The van der Waals surface area contributed by atoms with Crippen molar-refractivity contribution in [3.8, 4) is 5.75 Å². The van der Waals surface area contributed by atoms with Crippen LogP contribution in [0.25, 0.3) is 0 Å². The maximum atomic E-state index is 12.9. The number of rotatable bonds is 8. The first-order chi connectivity index (χ1) is 11.5. The van der Waals surface area contributed by atoms with Crippen LogP contribution >= 0.6 is 0 Å². The lowest BCUT2D eigenvalue weighted by Gasteiger charge is -2.18. The molecule has 5 heteroatoms. The van der Waals surface area contributed by atoms with Crippen LogP contribution in [0, 0.1) is 5.82 Å². The number of hydrogen-bond acceptors (Lipinski definition) is 4. The van der Waals surface area contributed by atoms with Crippen LogP contribution in [0.4, 0.5) is 4.39 Å².